The molecule has 0 aliphatic heterocycles. The zero-order chi connectivity index (χ0) is 18.7. The van der Waals surface area contributed by atoms with Crippen molar-refractivity contribution in [2.75, 3.05) is 5.32 Å². The molecule has 0 fully saturated rings. The summed E-state index contributed by atoms with van der Waals surface area (Å²) in [6, 6.07) is 6.94. The van der Waals surface area contributed by atoms with Crippen LogP contribution in [0.25, 0.3) is 11.3 Å². The van der Waals surface area contributed by atoms with Gasteiger partial charge in [0, 0.05) is 23.4 Å². The van der Waals surface area contributed by atoms with E-state index < -0.39 is 23.9 Å². The standard InChI is InChI=1S/C15H11ClF3N5O2/c16-9-3-1-8(2-4-9)10-7-20-12(26-10)6-5-11(25)21-14-22-13(23-24-14)15(17,18)19/h1-4,7H,5-6H2,(H2,21,22,23,24,25). The van der Waals surface area contributed by atoms with Crippen molar-refractivity contribution in [2.24, 2.45) is 0 Å². The average Bonchev–Trinajstić information content (AvgIpc) is 3.22. The van der Waals surface area contributed by atoms with E-state index in [1.807, 2.05) is 0 Å². The Bertz CT molecular complexity index is 905. The second kappa shape index (κ2) is 7.16. The van der Waals surface area contributed by atoms with Gasteiger partial charge in [-0.3, -0.25) is 15.2 Å². The number of nitrogens with zero attached hydrogens (tertiary/aromatic N) is 3. The monoisotopic (exact) mass is 385 g/mol. The van der Waals surface area contributed by atoms with Crippen molar-refractivity contribution in [2.45, 2.75) is 19.0 Å². The number of aromatic nitrogens is 4. The van der Waals surface area contributed by atoms with E-state index in [0.29, 0.717) is 16.7 Å². The Morgan fingerprint density at radius 2 is 2.00 bits per heavy atom. The van der Waals surface area contributed by atoms with Crippen LogP contribution in [0.2, 0.25) is 5.02 Å². The van der Waals surface area contributed by atoms with Crippen LogP contribution in [0.4, 0.5) is 19.1 Å². The number of oxazole rings is 1. The highest BCUT2D eigenvalue weighted by Gasteiger charge is 2.35. The van der Waals surface area contributed by atoms with Gasteiger partial charge in [0.2, 0.25) is 17.7 Å². The van der Waals surface area contributed by atoms with Gasteiger partial charge in [0.15, 0.2) is 11.7 Å². The fourth-order valence-electron chi connectivity index (χ4n) is 2.03. The van der Waals surface area contributed by atoms with Gasteiger partial charge in [0.05, 0.1) is 6.20 Å². The molecule has 0 aliphatic rings. The third-order valence-corrected chi connectivity index (χ3v) is 3.51. The van der Waals surface area contributed by atoms with Crippen molar-refractivity contribution in [1.82, 2.24) is 20.2 Å². The fourth-order valence-corrected chi connectivity index (χ4v) is 2.15. The first-order valence-electron chi connectivity index (χ1n) is 7.31. The van der Waals surface area contributed by atoms with E-state index in [0.717, 1.165) is 5.56 Å². The number of carbonyl (C=O) groups excluding carboxylic acids is 1. The molecule has 26 heavy (non-hydrogen) atoms. The van der Waals surface area contributed by atoms with Crippen LogP contribution < -0.4 is 5.32 Å². The number of hydrogen-bond donors (Lipinski definition) is 2. The normalized spacial score (nSPS) is 11.5. The molecule has 0 saturated carbocycles. The van der Waals surface area contributed by atoms with Crippen LogP contribution in [0.3, 0.4) is 0 Å². The van der Waals surface area contributed by atoms with Crippen molar-refractivity contribution >= 4 is 23.5 Å². The van der Waals surface area contributed by atoms with E-state index in [1.54, 1.807) is 29.4 Å². The minimum atomic E-state index is -4.66. The molecule has 1 aromatic carbocycles. The van der Waals surface area contributed by atoms with E-state index >= 15 is 0 Å². The Kier molecular flexibility index (Phi) is 4.94. The molecule has 0 bridgehead atoms. The lowest BCUT2D eigenvalue weighted by molar-refractivity contribution is -0.144. The minimum absolute atomic E-state index is 0.0591. The smallest absolute Gasteiger partial charge is 0.441 e. The van der Waals surface area contributed by atoms with Crippen LogP contribution in [0, 0.1) is 0 Å². The predicted molar refractivity (Wildman–Crippen MR) is 85.3 cm³/mol. The summed E-state index contributed by atoms with van der Waals surface area (Å²) in [4.78, 5) is 19.0. The second-order valence-electron chi connectivity index (χ2n) is 5.18. The maximum absolute atomic E-state index is 12.4. The number of H-pyrrole nitrogens is 1. The fraction of sp³-hybridized carbons (Fsp3) is 0.200. The van der Waals surface area contributed by atoms with Gasteiger partial charge in [0.25, 0.3) is 0 Å². The number of amides is 1. The Balaban J connectivity index is 1.55. The van der Waals surface area contributed by atoms with Gasteiger partial charge in [-0.05, 0) is 24.3 Å². The van der Waals surface area contributed by atoms with Crippen molar-refractivity contribution in [3.63, 3.8) is 0 Å². The molecular weight excluding hydrogens is 375 g/mol. The van der Waals surface area contributed by atoms with Crippen LogP contribution in [0.1, 0.15) is 18.1 Å². The summed E-state index contributed by atoms with van der Waals surface area (Å²) in [6.45, 7) is 0. The molecule has 3 aromatic rings. The number of nitrogens with one attached hydrogen (secondary N) is 2. The SMILES string of the molecule is O=C(CCc1ncc(-c2ccc(Cl)cc2)o1)Nc1n[nH]c(C(F)(F)F)n1. The summed E-state index contributed by atoms with van der Waals surface area (Å²) in [7, 11) is 0. The number of rotatable bonds is 5. The first-order valence-corrected chi connectivity index (χ1v) is 7.69. The van der Waals surface area contributed by atoms with Crippen molar-refractivity contribution in [3.8, 4) is 11.3 Å². The summed E-state index contributed by atoms with van der Waals surface area (Å²) >= 11 is 5.82. The molecule has 0 saturated heterocycles. The second-order valence-corrected chi connectivity index (χ2v) is 5.62. The highest BCUT2D eigenvalue weighted by atomic mass is 35.5. The molecule has 0 unspecified atom stereocenters. The quantitative estimate of drug-likeness (QED) is 0.698. The number of halogens is 4. The van der Waals surface area contributed by atoms with E-state index in [9.17, 15) is 18.0 Å². The summed E-state index contributed by atoms with van der Waals surface area (Å²) < 4.78 is 42.7. The van der Waals surface area contributed by atoms with Crippen molar-refractivity contribution < 1.29 is 22.4 Å². The zero-order valence-electron chi connectivity index (χ0n) is 13.0. The Morgan fingerprint density at radius 3 is 2.65 bits per heavy atom. The molecule has 0 atom stereocenters. The lowest BCUT2D eigenvalue weighted by atomic mass is 10.2. The maximum Gasteiger partial charge on any atom is 0.451 e. The van der Waals surface area contributed by atoms with Crippen LogP contribution >= 0.6 is 11.6 Å². The Labute approximate surface area is 149 Å². The lowest BCUT2D eigenvalue weighted by Crippen LogP contribution is -2.14. The molecule has 3 rings (SSSR count). The van der Waals surface area contributed by atoms with Gasteiger partial charge in [-0.25, -0.2) is 4.98 Å². The van der Waals surface area contributed by atoms with Crippen LogP contribution in [0.15, 0.2) is 34.9 Å². The average molecular weight is 386 g/mol. The van der Waals surface area contributed by atoms with E-state index in [1.165, 1.54) is 6.20 Å². The van der Waals surface area contributed by atoms with Crippen molar-refractivity contribution in [3.05, 3.63) is 47.2 Å². The molecule has 0 aliphatic carbocycles. The first kappa shape index (κ1) is 17.9. The van der Waals surface area contributed by atoms with Gasteiger partial charge in [-0.1, -0.05) is 11.6 Å². The molecule has 1 amide bonds. The van der Waals surface area contributed by atoms with E-state index in [2.05, 4.69) is 20.4 Å². The van der Waals surface area contributed by atoms with Crippen LogP contribution in [-0.2, 0) is 17.4 Å². The topological polar surface area (TPSA) is 96.7 Å². The summed E-state index contributed by atoms with van der Waals surface area (Å²) in [5.41, 5.74) is 0.776. The molecule has 11 heteroatoms. The summed E-state index contributed by atoms with van der Waals surface area (Å²) in [5.74, 6) is -1.47. The first-order chi connectivity index (χ1) is 12.3. The van der Waals surface area contributed by atoms with Gasteiger partial charge in [0.1, 0.15) is 0 Å². The Morgan fingerprint density at radius 1 is 1.27 bits per heavy atom. The number of benzene rings is 1. The lowest BCUT2D eigenvalue weighted by Gasteiger charge is -2.00. The minimum Gasteiger partial charge on any atom is -0.441 e. The van der Waals surface area contributed by atoms with Gasteiger partial charge in [-0.15, -0.1) is 5.10 Å². The number of aromatic amines is 1. The third kappa shape index (κ3) is 4.39. The number of aryl methyl sites for hydroxylation is 1. The molecule has 0 radical (unpaired) electrons. The van der Waals surface area contributed by atoms with Gasteiger partial charge < -0.3 is 4.42 Å². The largest absolute Gasteiger partial charge is 0.451 e. The van der Waals surface area contributed by atoms with Crippen LogP contribution in [0.5, 0.6) is 0 Å². The molecule has 7 nitrogen and oxygen atoms in total. The number of anilines is 1. The molecule has 0 spiro atoms. The molecular formula is C15H11ClF3N5O2. The van der Waals surface area contributed by atoms with Gasteiger partial charge >= 0.3 is 6.18 Å². The van der Waals surface area contributed by atoms with Crippen LogP contribution in [-0.4, -0.2) is 26.1 Å². The highest BCUT2D eigenvalue weighted by Crippen LogP contribution is 2.26. The van der Waals surface area contributed by atoms with E-state index in [-0.39, 0.29) is 12.8 Å². The Hall–Kier alpha value is -2.88. The van der Waals surface area contributed by atoms with Crippen molar-refractivity contribution in [1.29, 1.82) is 0 Å². The van der Waals surface area contributed by atoms with Gasteiger partial charge in [-0.2, -0.15) is 18.2 Å². The maximum atomic E-state index is 12.4. The molecule has 2 aromatic heterocycles. The third-order valence-electron chi connectivity index (χ3n) is 3.25. The highest BCUT2D eigenvalue weighted by molar-refractivity contribution is 6.30. The van der Waals surface area contributed by atoms with E-state index in [4.69, 9.17) is 16.0 Å². The number of carbonyl (C=O) groups is 1. The molecule has 2 N–H and O–H groups in total. The molecule has 136 valence electrons. The predicted octanol–water partition coefficient (Wildman–Crippen LogP) is 3.70. The molecule has 2 heterocycles. The summed E-state index contributed by atoms with van der Waals surface area (Å²) in [5, 5.41) is 7.76. The summed E-state index contributed by atoms with van der Waals surface area (Å²) in [6.07, 6.45) is -3.04. The zero-order valence-corrected chi connectivity index (χ0v) is 13.7. The number of hydrogen-bond acceptors (Lipinski definition) is 5. The number of alkyl halides is 3.